The number of carbonyl (C=O) groups is 1. The number of rotatable bonds is 5. The first kappa shape index (κ1) is 22.2. The van der Waals surface area contributed by atoms with E-state index in [1.165, 1.54) is 10.7 Å². The first-order valence-electron chi connectivity index (χ1n) is 10.8. The molecule has 2 unspecified atom stereocenters. The van der Waals surface area contributed by atoms with Crippen LogP contribution in [0.15, 0.2) is 28.3 Å². The van der Waals surface area contributed by atoms with Gasteiger partial charge in [-0.3, -0.25) is 9.48 Å². The highest BCUT2D eigenvalue weighted by Gasteiger charge is 2.56. The summed E-state index contributed by atoms with van der Waals surface area (Å²) < 4.78 is 63.8. The van der Waals surface area contributed by atoms with Crippen molar-refractivity contribution in [1.82, 2.24) is 14.5 Å². The smallest absolute Gasteiger partial charge is 0.420 e. The molecule has 33 heavy (non-hydrogen) atoms. The summed E-state index contributed by atoms with van der Waals surface area (Å²) in [5, 5.41) is 13.7. The predicted molar refractivity (Wildman–Crippen MR) is 110 cm³/mol. The van der Waals surface area contributed by atoms with Crippen molar-refractivity contribution < 1.29 is 27.4 Å². The van der Waals surface area contributed by atoms with Gasteiger partial charge in [-0.05, 0) is 55.9 Å². The molecule has 3 fully saturated rings. The van der Waals surface area contributed by atoms with Crippen molar-refractivity contribution in [3.8, 4) is 0 Å². The molecule has 0 aromatic carbocycles. The Balaban J connectivity index is 1.61. The van der Waals surface area contributed by atoms with Gasteiger partial charge in [0.2, 0.25) is 0 Å². The average Bonchev–Trinajstić information content (AvgIpc) is 3.61. The highest BCUT2D eigenvalue weighted by atomic mass is 32.2. The Hall–Kier alpha value is -2.63. The maximum atomic E-state index is 14.1. The Morgan fingerprint density at radius 2 is 2.03 bits per heavy atom. The molecule has 178 valence electrons. The molecule has 2 heterocycles. The molecule has 5 rings (SSSR count). The first-order chi connectivity index (χ1) is 15.4. The molecule has 2 atom stereocenters. The second-order valence-corrected chi connectivity index (χ2v) is 11.6. The predicted octanol–water partition coefficient (Wildman–Crippen LogP) is 3.78. The van der Waals surface area contributed by atoms with Gasteiger partial charge < -0.3 is 5.21 Å². The quantitative estimate of drug-likeness (QED) is 0.630. The monoisotopic (exact) mass is 483 g/mol. The Morgan fingerprint density at radius 1 is 1.33 bits per heavy atom. The van der Waals surface area contributed by atoms with E-state index in [9.17, 15) is 27.4 Å². The maximum absolute atomic E-state index is 14.1. The van der Waals surface area contributed by atoms with Crippen LogP contribution in [-0.4, -0.2) is 36.1 Å². The van der Waals surface area contributed by atoms with E-state index < -0.39 is 33.1 Å². The molecule has 0 aliphatic heterocycles. The number of hydrogen-bond acceptors (Lipinski definition) is 5. The number of pyridine rings is 1. The average molecular weight is 484 g/mol. The summed E-state index contributed by atoms with van der Waals surface area (Å²) in [5.74, 6) is -1.21. The molecule has 8 nitrogen and oxygen atoms in total. The van der Waals surface area contributed by atoms with Gasteiger partial charge in [-0.2, -0.15) is 23.0 Å². The number of carbonyl (C=O) groups excluding carboxylic acids is 1. The standard InChI is InChI=1S/C21H24F3N5O3S/c1-33(25,32)15-10-14(5-9-29(15)31)26-19(30)18-16(21(22,23)24)17(12-2-3-12)27-28(18)11-13-4-6-20(13)7-8-20/h5,9-10,12-13,25,31H,2-4,6-8,11H2,1H3. The molecule has 2 aromatic rings. The molecular weight excluding hydrogens is 459 g/mol. The van der Waals surface area contributed by atoms with Gasteiger partial charge in [0.1, 0.15) is 11.3 Å². The van der Waals surface area contributed by atoms with Crippen LogP contribution < -0.4 is 5.36 Å². The Morgan fingerprint density at radius 3 is 2.55 bits per heavy atom. The minimum atomic E-state index is -4.76. The van der Waals surface area contributed by atoms with E-state index in [0.717, 1.165) is 44.2 Å². The number of nitrogens with zero attached hydrogens (tertiary/aromatic N) is 4. The third-order valence-corrected chi connectivity index (χ3v) is 8.19. The fraction of sp³-hybridized carbons (Fsp3) is 0.571. The summed E-state index contributed by atoms with van der Waals surface area (Å²) in [7, 11) is -3.37. The lowest BCUT2D eigenvalue weighted by molar-refractivity contribution is -0.138. The van der Waals surface area contributed by atoms with E-state index in [1.54, 1.807) is 0 Å². The van der Waals surface area contributed by atoms with Crippen LogP contribution in [0.1, 0.15) is 66.2 Å². The second-order valence-electron chi connectivity index (χ2n) is 9.49. The summed E-state index contributed by atoms with van der Waals surface area (Å²) in [6, 6.07) is 2.27. The number of halogens is 3. The van der Waals surface area contributed by atoms with Gasteiger partial charge in [-0.25, -0.2) is 14.0 Å². The SMILES string of the molecule is CS(=N)(=O)c1cc(=NC(=O)c2c(C(F)(F)F)c(C3CC3)nn2CC2CCC23CC3)ccn1O. The van der Waals surface area contributed by atoms with Gasteiger partial charge >= 0.3 is 6.18 Å². The van der Waals surface area contributed by atoms with Gasteiger partial charge in [0.25, 0.3) is 5.91 Å². The van der Waals surface area contributed by atoms with Crippen molar-refractivity contribution in [2.24, 2.45) is 16.3 Å². The van der Waals surface area contributed by atoms with Gasteiger partial charge in [0, 0.05) is 31.0 Å². The molecule has 0 radical (unpaired) electrons. The summed E-state index contributed by atoms with van der Waals surface area (Å²) in [6.07, 6.45) is 2.65. The van der Waals surface area contributed by atoms with E-state index in [-0.39, 0.29) is 39.9 Å². The van der Waals surface area contributed by atoms with Crippen molar-refractivity contribution in [1.29, 1.82) is 4.78 Å². The Labute approximate surface area is 188 Å². The van der Waals surface area contributed by atoms with Gasteiger partial charge in [0.15, 0.2) is 5.03 Å². The molecule has 3 saturated carbocycles. The lowest BCUT2D eigenvalue weighted by Crippen LogP contribution is -2.33. The highest BCUT2D eigenvalue weighted by molar-refractivity contribution is 7.91. The van der Waals surface area contributed by atoms with Crippen LogP contribution in [0.5, 0.6) is 0 Å². The van der Waals surface area contributed by atoms with E-state index >= 15 is 0 Å². The van der Waals surface area contributed by atoms with Crippen LogP contribution in [0, 0.1) is 16.1 Å². The van der Waals surface area contributed by atoms with Crippen LogP contribution in [0.4, 0.5) is 13.2 Å². The normalized spacial score (nSPS) is 23.9. The molecule has 0 bridgehead atoms. The van der Waals surface area contributed by atoms with Crippen LogP contribution in [0.3, 0.4) is 0 Å². The van der Waals surface area contributed by atoms with E-state index in [4.69, 9.17) is 4.78 Å². The van der Waals surface area contributed by atoms with Crippen LogP contribution in [0.25, 0.3) is 0 Å². The molecule has 2 N–H and O–H groups in total. The largest absolute Gasteiger partial charge is 0.428 e. The number of alkyl halides is 3. The fourth-order valence-corrected chi connectivity index (χ4v) is 5.58. The van der Waals surface area contributed by atoms with E-state index in [2.05, 4.69) is 10.1 Å². The fourth-order valence-electron chi connectivity index (χ4n) is 4.81. The Kier molecular flexibility index (Phi) is 4.83. The third-order valence-electron chi connectivity index (χ3n) is 7.09. The van der Waals surface area contributed by atoms with Gasteiger partial charge in [-0.15, -0.1) is 0 Å². The molecular formula is C21H24F3N5O3S. The lowest BCUT2D eigenvalue weighted by atomic mass is 9.70. The Bertz CT molecular complexity index is 1320. The summed E-state index contributed by atoms with van der Waals surface area (Å²) in [4.78, 5) is 17.0. The zero-order valence-corrected chi connectivity index (χ0v) is 18.7. The second kappa shape index (κ2) is 7.18. The topological polar surface area (TPSA) is 113 Å². The molecule has 3 aliphatic rings. The molecule has 0 saturated heterocycles. The molecule has 12 heteroatoms. The van der Waals surface area contributed by atoms with Crippen LogP contribution >= 0.6 is 0 Å². The van der Waals surface area contributed by atoms with Crippen molar-refractivity contribution in [3.63, 3.8) is 0 Å². The summed E-state index contributed by atoms with van der Waals surface area (Å²) >= 11 is 0. The number of hydrogen-bond donors (Lipinski definition) is 2. The van der Waals surface area contributed by atoms with E-state index in [1.807, 2.05) is 0 Å². The van der Waals surface area contributed by atoms with Crippen molar-refractivity contribution in [2.75, 3.05) is 6.26 Å². The number of aromatic nitrogens is 3. The third kappa shape index (κ3) is 3.98. The van der Waals surface area contributed by atoms with Crippen molar-refractivity contribution in [2.45, 2.75) is 62.2 Å². The molecule has 2 aromatic heterocycles. The van der Waals surface area contributed by atoms with Gasteiger partial charge in [-0.1, -0.05) is 0 Å². The summed E-state index contributed by atoms with van der Waals surface area (Å²) in [6.45, 7) is 0.249. The van der Waals surface area contributed by atoms with Crippen molar-refractivity contribution >= 4 is 15.6 Å². The zero-order valence-electron chi connectivity index (χ0n) is 17.9. The maximum Gasteiger partial charge on any atom is 0.420 e. The lowest BCUT2D eigenvalue weighted by Gasteiger charge is -2.37. The number of nitrogens with one attached hydrogen (secondary N) is 1. The van der Waals surface area contributed by atoms with Gasteiger partial charge in [0.05, 0.1) is 20.8 Å². The minimum Gasteiger partial charge on any atom is -0.428 e. The summed E-state index contributed by atoms with van der Waals surface area (Å²) in [5.41, 5.74) is -1.48. The molecule has 1 amide bonds. The molecule has 3 aliphatic carbocycles. The first-order valence-corrected chi connectivity index (χ1v) is 12.8. The van der Waals surface area contributed by atoms with E-state index in [0.29, 0.717) is 17.6 Å². The number of amides is 1. The van der Waals surface area contributed by atoms with Crippen LogP contribution in [-0.2, 0) is 22.5 Å². The van der Waals surface area contributed by atoms with Crippen LogP contribution in [0.2, 0.25) is 0 Å². The van der Waals surface area contributed by atoms with Crippen molar-refractivity contribution in [3.05, 3.63) is 40.6 Å². The zero-order chi connectivity index (χ0) is 23.8. The minimum absolute atomic E-state index is 0.0880. The molecule has 1 spiro atoms. The highest BCUT2D eigenvalue weighted by Crippen LogP contribution is 2.65.